The van der Waals surface area contributed by atoms with Crippen LogP contribution in [0.25, 0.3) is 0 Å². The molecule has 0 spiro atoms. The van der Waals surface area contributed by atoms with E-state index in [1.165, 1.54) is 30.5 Å². The smallest absolute Gasteiger partial charge is 0.271 e. The van der Waals surface area contributed by atoms with Gasteiger partial charge in [0.1, 0.15) is 12.4 Å². The number of hydrazone groups is 1. The maximum absolute atomic E-state index is 12.1. The van der Waals surface area contributed by atoms with Crippen molar-refractivity contribution < 1.29 is 14.5 Å². The molecule has 28 heavy (non-hydrogen) atoms. The third kappa shape index (κ3) is 5.01. The zero-order chi connectivity index (χ0) is 19.8. The Labute approximate surface area is 161 Å². The van der Waals surface area contributed by atoms with Gasteiger partial charge in [-0.15, -0.1) is 0 Å². The fourth-order valence-corrected chi connectivity index (χ4v) is 2.43. The predicted octanol–water partition coefficient (Wildman–Crippen LogP) is 3.94. The zero-order valence-electron chi connectivity index (χ0n) is 14.8. The van der Waals surface area contributed by atoms with Crippen LogP contribution in [0.15, 0.2) is 84.0 Å². The molecule has 0 heterocycles. The van der Waals surface area contributed by atoms with E-state index in [1.807, 2.05) is 54.6 Å². The largest absolute Gasteiger partial charge is 0.489 e. The third-order valence-corrected chi connectivity index (χ3v) is 3.90. The van der Waals surface area contributed by atoms with E-state index in [0.29, 0.717) is 6.61 Å². The molecule has 3 rings (SSSR count). The van der Waals surface area contributed by atoms with Crippen LogP contribution in [0, 0.1) is 10.1 Å². The number of para-hydroxylation sites is 1. The van der Waals surface area contributed by atoms with Crippen molar-refractivity contribution in [3.8, 4) is 5.75 Å². The molecular weight excluding hydrogens is 358 g/mol. The topological polar surface area (TPSA) is 93.8 Å². The number of hydrogen-bond acceptors (Lipinski definition) is 5. The van der Waals surface area contributed by atoms with Crippen molar-refractivity contribution in [3.05, 3.63) is 106 Å². The van der Waals surface area contributed by atoms with Gasteiger partial charge < -0.3 is 4.74 Å². The Balaban J connectivity index is 1.62. The average molecular weight is 375 g/mol. The molecule has 140 valence electrons. The lowest BCUT2D eigenvalue weighted by Crippen LogP contribution is -2.17. The molecule has 0 radical (unpaired) electrons. The van der Waals surface area contributed by atoms with Gasteiger partial charge in [0.25, 0.3) is 11.6 Å². The Morgan fingerprint density at radius 1 is 1.00 bits per heavy atom. The van der Waals surface area contributed by atoms with Crippen LogP contribution >= 0.6 is 0 Å². The summed E-state index contributed by atoms with van der Waals surface area (Å²) in [6, 6.07) is 22.3. The highest BCUT2D eigenvalue weighted by atomic mass is 16.6. The molecule has 0 unspecified atom stereocenters. The molecule has 0 aliphatic rings. The average Bonchev–Trinajstić information content (AvgIpc) is 2.73. The third-order valence-electron chi connectivity index (χ3n) is 3.90. The summed E-state index contributed by atoms with van der Waals surface area (Å²) in [7, 11) is 0. The number of carbonyl (C=O) groups excluding carboxylic acids is 1. The summed E-state index contributed by atoms with van der Waals surface area (Å²) < 4.78 is 5.76. The van der Waals surface area contributed by atoms with Crippen molar-refractivity contribution >= 4 is 17.8 Å². The molecule has 0 fully saturated rings. The van der Waals surface area contributed by atoms with Gasteiger partial charge in [0, 0.05) is 23.3 Å². The second kappa shape index (κ2) is 9.09. The second-order valence-electron chi connectivity index (χ2n) is 5.80. The maximum atomic E-state index is 12.1. The number of nitro benzene ring substituents is 1. The maximum Gasteiger partial charge on any atom is 0.271 e. The molecule has 0 atom stereocenters. The van der Waals surface area contributed by atoms with Crippen molar-refractivity contribution in [2.24, 2.45) is 5.10 Å². The van der Waals surface area contributed by atoms with Crippen LogP contribution in [0.3, 0.4) is 0 Å². The van der Waals surface area contributed by atoms with E-state index in [4.69, 9.17) is 4.74 Å². The molecule has 0 saturated carbocycles. The van der Waals surface area contributed by atoms with Crippen LogP contribution in [0.5, 0.6) is 5.75 Å². The molecule has 1 N–H and O–H groups in total. The van der Waals surface area contributed by atoms with E-state index in [9.17, 15) is 14.9 Å². The van der Waals surface area contributed by atoms with Crippen molar-refractivity contribution in [3.63, 3.8) is 0 Å². The first-order chi connectivity index (χ1) is 13.6. The number of ether oxygens (including phenoxy) is 1. The molecule has 0 bridgehead atoms. The Morgan fingerprint density at radius 3 is 2.39 bits per heavy atom. The lowest BCUT2D eigenvalue weighted by Gasteiger charge is -2.08. The summed E-state index contributed by atoms with van der Waals surface area (Å²) in [6.45, 7) is 0.364. The highest BCUT2D eigenvalue weighted by Gasteiger charge is 2.08. The van der Waals surface area contributed by atoms with Crippen LogP contribution in [0.1, 0.15) is 21.5 Å². The van der Waals surface area contributed by atoms with Gasteiger partial charge in [-0.25, -0.2) is 5.43 Å². The number of hydrogen-bond donors (Lipinski definition) is 1. The van der Waals surface area contributed by atoms with E-state index in [0.717, 1.165) is 16.9 Å². The Bertz CT molecular complexity index is 986. The minimum Gasteiger partial charge on any atom is -0.489 e. The van der Waals surface area contributed by atoms with Crippen LogP contribution in [-0.2, 0) is 6.61 Å². The van der Waals surface area contributed by atoms with Crippen molar-refractivity contribution in [1.82, 2.24) is 5.43 Å². The molecule has 0 aliphatic carbocycles. The molecule has 3 aromatic carbocycles. The summed E-state index contributed by atoms with van der Waals surface area (Å²) in [6.07, 6.45) is 1.53. The molecule has 0 aromatic heterocycles. The van der Waals surface area contributed by atoms with Crippen LogP contribution in [-0.4, -0.2) is 17.0 Å². The van der Waals surface area contributed by atoms with Gasteiger partial charge in [-0.2, -0.15) is 5.10 Å². The van der Waals surface area contributed by atoms with E-state index in [-0.39, 0.29) is 11.3 Å². The van der Waals surface area contributed by atoms with Gasteiger partial charge in [0.2, 0.25) is 0 Å². The SMILES string of the molecule is O=C(N/N=C/c1ccccc1COc1ccccc1)c1ccc([N+](=O)[O-])cc1. The lowest BCUT2D eigenvalue weighted by molar-refractivity contribution is -0.384. The normalized spacial score (nSPS) is 10.6. The molecular formula is C21H17N3O4. The van der Waals surface area contributed by atoms with Crippen molar-refractivity contribution in [2.75, 3.05) is 0 Å². The first kappa shape index (κ1) is 18.8. The van der Waals surface area contributed by atoms with Gasteiger partial charge in [0.15, 0.2) is 0 Å². The standard InChI is InChI=1S/C21H17N3O4/c25-21(16-10-12-19(13-11-16)24(26)27)23-22-14-17-6-4-5-7-18(17)15-28-20-8-2-1-3-9-20/h1-14H,15H2,(H,23,25)/b22-14+. The quantitative estimate of drug-likeness (QED) is 0.384. The summed E-state index contributed by atoms with van der Waals surface area (Å²) in [5.74, 6) is 0.310. The van der Waals surface area contributed by atoms with E-state index >= 15 is 0 Å². The highest BCUT2D eigenvalue weighted by Crippen LogP contribution is 2.14. The second-order valence-corrected chi connectivity index (χ2v) is 5.80. The highest BCUT2D eigenvalue weighted by molar-refractivity contribution is 5.95. The fourth-order valence-electron chi connectivity index (χ4n) is 2.43. The van der Waals surface area contributed by atoms with Gasteiger partial charge in [-0.3, -0.25) is 14.9 Å². The lowest BCUT2D eigenvalue weighted by atomic mass is 10.1. The number of carbonyl (C=O) groups is 1. The van der Waals surface area contributed by atoms with Gasteiger partial charge in [-0.1, -0.05) is 42.5 Å². The monoisotopic (exact) mass is 375 g/mol. The first-order valence-electron chi connectivity index (χ1n) is 8.47. The number of nitrogens with zero attached hydrogens (tertiary/aromatic N) is 2. The number of rotatable bonds is 7. The number of nitro groups is 1. The Kier molecular flexibility index (Phi) is 6.10. The zero-order valence-corrected chi connectivity index (χ0v) is 14.8. The minimum atomic E-state index is -0.520. The van der Waals surface area contributed by atoms with Crippen LogP contribution in [0.4, 0.5) is 5.69 Å². The number of benzene rings is 3. The van der Waals surface area contributed by atoms with E-state index < -0.39 is 10.8 Å². The summed E-state index contributed by atoms with van der Waals surface area (Å²) in [5, 5.41) is 14.6. The van der Waals surface area contributed by atoms with Gasteiger partial charge in [-0.05, 0) is 29.8 Å². The molecule has 7 nitrogen and oxygen atoms in total. The van der Waals surface area contributed by atoms with Crippen LogP contribution in [0.2, 0.25) is 0 Å². The summed E-state index contributed by atoms with van der Waals surface area (Å²) in [4.78, 5) is 22.2. The van der Waals surface area contributed by atoms with Crippen LogP contribution < -0.4 is 10.2 Å². The molecule has 7 heteroatoms. The van der Waals surface area contributed by atoms with Gasteiger partial charge in [0.05, 0.1) is 11.1 Å². The molecule has 1 amide bonds. The van der Waals surface area contributed by atoms with Crippen molar-refractivity contribution in [2.45, 2.75) is 6.61 Å². The molecule has 0 aliphatic heterocycles. The van der Waals surface area contributed by atoms with E-state index in [1.54, 1.807) is 0 Å². The minimum absolute atomic E-state index is 0.0765. The van der Waals surface area contributed by atoms with Crippen molar-refractivity contribution in [1.29, 1.82) is 0 Å². The number of nitrogens with one attached hydrogen (secondary N) is 1. The number of non-ortho nitro benzene ring substituents is 1. The Hall–Kier alpha value is -4.00. The first-order valence-corrected chi connectivity index (χ1v) is 8.47. The summed E-state index contributed by atoms with van der Waals surface area (Å²) >= 11 is 0. The fraction of sp³-hybridized carbons (Fsp3) is 0.0476. The predicted molar refractivity (Wildman–Crippen MR) is 105 cm³/mol. The van der Waals surface area contributed by atoms with Gasteiger partial charge >= 0.3 is 0 Å². The summed E-state index contributed by atoms with van der Waals surface area (Å²) in [5.41, 5.74) is 4.35. The Morgan fingerprint density at radius 2 is 1.68 bits per heavy atom. The number of amides is 1. The molecule has 0 saturated heterocycles. The molecule has 3 aromatic rings. The van der Waals surface area contributed by atoms with E-state index in [2.05, 4.69) is 10.5 Å².